The lowest BCUT2D eigenvalue weighted by molar-refractivity contribution is 0.0694. The summed E-state index contributed by atoms with van der Waals surface area (Å²) in [6.07, 6.45) is 2.99. The zero-order chi connectivity index (χ0) is 13.1. The highest BCUT2D eigenvalue weighted by Gasteiger charge is 2.16. The van der Waals surface area contributed by atoms with Gasteiger partial charge < -0.3 is 5.11 Å². The summed E-state index contributed by atoms with van der Waals surface area (Å²) >= 11 is 0. The van der Waals surface area contributed by atoms with Crippen LogP contribution in [-0.4, -0.2) is 26.0 Å². The van der Waals surface area contributed by atoms with Crippen LogP contribution in [0, 0.1) is 0 Å². The maximum atomic E-state index is 11.1. The molecule has 0 aliphatic rings. The van der Waals surface area contributed by atoms with E-state index in [0.717, 1.165) is 0 Å². The predicted octanol–water partition coefficient (Wildman–Crippen LogP) is 2.36. The maximum Gasteiger partial charge on any atom is 0.339 e. The lowest BCUT2D eigenvalue weighted by Gasteiger charge is -2.09. The molecule has 0 atom stereocenters. The minimum atomic E-state index is -1.01. The van der Waals surface area contributed by atoms with E-state index in [4.69, 9.17) is 5.11 Å². The number of rotatable bonds is 3. The van der Waals surface area contributed by atoms with Crippen LogP contribution >= 0.6 is 0 Å². The largest absolute Gasteiger partial charge is 0.478 e. The molecule has 0 saturated heterocycles. The van der Waals surface area contributed by atoms with E-state index in [1.807, 2.05) is 19.9 Å². The molecule has 0 unspecified atom stereocenters. The molecule has 0 aliphatic heterocycles. The van der Waals surface area contributed by atoms with Crippen molar-refractivity contribution < 1.29 is 9.90 Å². The number of hydrogen-bond donors (Lipinski definition) is 1. The Morgan fingerprint density at radius 1 is 1.28 bits per heavy atom. The van der Waals surface area contributed by atoms with E-state index in [0.29, 0.717) is 17.2 Å². The molecule has 5 nitrogen and oxygen atoms in total. The summed E-state index contributed by atoms with van der Waals surface area (Å²) in [6, 6.07) is 5.43. The number of aromatic nitrogens is 3. The fraction of sp³-hybridized carbons (Fsp3) is 0.231. The van der Waals surface area contributed by atoms with Crippen molar-refractivity contribution in [2.75, 3.05) is 0 Å². The van der Waals surface area contributed by atoms with Gasteiger partial charge in [-0.2, -0.15) is 0 Å². The van der Waals surface area contributed by atoms with Crippen molar-refractivity contribution in [3.05, 3.63) is 41.9 Å². The summed E-state index contributed by atoms with van der Waals surface area (Å²) in [7, 11) is 0. The third kappa shape index (κ3) is 2.34. The second-order valence-electron chi connectivity index (χ2n) is 4.17. The van der Waals surface area contributed by atoms with E-state index < -0.39 is 5.97 Å². The van der Waals surface area contributed by atoms with Crippen LogP contribution in [0.15, 0.2) is 30.6 Å². The minimum Gasteiger partial charge on any atom is -0.478 e. The van der Waals surface area contributed by atoms with Crippen LogP contribution in [0.5, 0.6) is 0 Å². The first-order valence-electron chi connectivity index (χ1n) is 5.61. The maximum absolute atomic E-state index is 11.1. The highest BCUT2D eigenvalue weighted by atomic mass is 16.4. The smallest absolute Gasteiger partial charge is 0.339 e. The zero-order valence-corrected chi connectivity index (χ0v) is 10.2. The number of carbonyl (C=O) groups is 1. The number of hydrogen-bond acceptors (Lipinski definition) is 4. The van der Waals surface area contributed by atoms with E-state index in [-0.39, 0.29) is 11.5 Å². The van der Waals surface area contributed by atoms with Gasteiger partial charge in [0.25, 0.3) is 0 Å². The van der Waals surface area contributed by atoms with Gasteiger partial charge in [0.15, 0.2) is 5.82 Å². The number of carboxylic acid groups (broad SMARTS) is 1. The van der Waals surface area contributed by atoms with Gasteiger partial charge >= 0.3 is 5.97 Å². The van der Waals surface area contributed by atoms with Crippen LogP contribution in [0.3, 0.4) is 0 Å². The molecular weight excluding hydrogens is 230 g/mol. The van der Waals surface area contributed by atoms with E-state index in [9.17, 15) is 4.79 Å². The second-order valence-corrected chi connectivity index (χ2v) is 4.17. The molecule has 18 heavy (non-hydrogen) atoms. The van der Waals surface area contributed by atoms with Gasteiger partial charge in [-0.3, -0.25) is 4.98 Å². The van der Waals surface area contributed by atoms with Crippen molar-refractivity contribution in [2.24, 2.45) is 0 Å². The van der Waals surface area contributed by atoms with Crippen molar-refractivity contribution in [1.82, 2.24) is 15.0 Å². The Morgan fingerprint density at radius 2 is 2.06 bits per heavy atom. The highest BCUT2D eigenvalue weighted by molar-refractivity contribution is 5.88. The van der Waals surface area contributed by atoms with Crippen molar-refractivity contribution in [3.8, 4) is 11.5 Å². The van der Waals surface area contributed by atoms with Gasteiger partial charge in [-0.1, -0.05) is 19.9 Å². The van der Waals surface area contributed by atoms with Gasteiger partial charge in [-0.15, -0.1) is 0 Å². The standard InChI is InChI=1S/C13H13N3O2/c1-8(2)11-9(13(17)18)7-15-12(16-11)10-5-3-4-6-14-10/h3-8H,1-2H3,(H,17,18). The first-order valence-corrected chi connectivity index (χ1v) is 5.61. The van der Waals surface area contributed by atoms with Gasteiger partial charge in [0.1, 0.15) is 5.69 Å². The monoisotopic (exact) mass is 243 g/mol. The molecule has 0 aromatic carbocycles. The van der Waals surface area contributed by atoms with Crippen LogP contribution in [-0.2, 0) is 0 Å². The topological polar surface area (TPSA) is 76.0 Å². The van der Waals surface area contributed by atoms with Gasteiger partial charge in [0.05, 0.1) is 11.3 Å². The molecule has 0 bridgehead atoms. The summed E-state index contributed by atoms with van der Waals surface area (Å²) < 4.78 is 0. The third-order valence-corrected chi connectivity index (χ3v) is 2.49. The molecule has 5 heteroatoms. The molecule has 2 heterocycles. The van der Waals surface area contributed by atoms with Crippen molar-refractivity contribution in [2.45, 2.75) is 19.8 Å². The van der Waals surface area contributed by atoms with E-state index >= 15 is 0 Å². The average Bonchev–Trinajstić information content (AvgIpc) is 2.39. The Morgan fingerprint density at radius 3 is 2.61 bits per heavy atom. The average molecular weight is 243 g/mol. The Kier molecular flexibility index (Phi) is 3.32. The molecule has 0 amide bonds. The molecule has 2 aromatic rings. The summed E-state index contributed by atoms with van der Waals surface area (Å²) in [4.78, 5) is 23.6. The second kappa shape index (κ2) is 4.91. The molecule has 92 valence electrons. The Labute approximate surface area is 105 Å². The molecular formula is C13H13N3O2. The summed E-state index contributed by atoms with van der Waals surface area (Å²) in [5.41, 5.74) is 1.30. The van der Waals surface area contributed by atoms with Crippen LogP contribution in [0.25, 0.3) is 11.5 Å². The van der Waals surface area contributed by atoms with Gasteiger partial charge in [0, 0.05) is 12.4 Å². The predicted molar refractivity (Wildman–Crippen MR) is 66.3 cm³/mol. The molecule has 2 aromatic heterocycles. The fourth-order valence-electron chi connectivity index (χ4n) is 1.62. The Balaban J connectivity index is 2.54. The minimum absolute atomic E-state index is 0.0153. The highest BCUT2D eigenvalue weighted by Crippen LogP contribution is 2.20. The van der Waals surface area contributed by atoms with Crippen molar-refractivity contribution in [1.29, 1.82) is 0 Å². The van der Waals surface area contributed by atoms with Crippen molar-refractivity contribution >= 4 is 5.97 Å². The third-order valence-electron chi connectivity index (χ3n) is 2.49. The molecule has 1 N–H and O–H groups in total. The van der Waals surface area contributed by atoms with Crippen LogP contribution < -0.4 is 0 Å². The molecule has 0 saturated carbocycles. The fourth-order valence-corrected chi connectivity index (χ4v) is 1.62. The van der Waals surface area contributed by atoms with Crippen LogP contribution in [0.2, 0.25) is 0 Å². The Bertz CT molecular complexity index is 568. The first-order chi connectivity index (χ1) is 8.59. The van der Waals surface area contributed by atoms with E-state index in [1.54, 1.807) is 18.3 Å². The molecule has 0 spiro atoms. The molecule has 0 fully saturated rings. The van der Waals surface area contributed by atoms with Gasteiger partial charge in [-0.05, 0) is 18.1 Å². The first kappa shape index (κ1) is 12.2. The van der Waals surface area contributed by atoms with Crippen molar-refractivity contribution in [3.63, 3.8) is 0 Å². The summed E-state index contributed by atoms with van der Waals surface area (Å²) in [5, 5.41) is 9.08. The van der Waals surface area contributed by atoms with Gasteiger partial charge in [0.2, 0.25) is 0 Å². The zero-order valence-electron chi connectivity index (χ0n) is 10.2. The molecule has 0 radical (unpaired) electrons. The summed E-state index contributed by atoms with van der Waals surface area (Å²) in [5.74, 6) is -0.544. The number of carboxylic acids is 1. The molecule has 2 rings (SSSR count). The number of aromatic carboxylic acids is 1. The lowest BCUT2D eigenvalue weighted by Crippen LogP contribution is -2.09. The van der Waals surface area contributed by atoms with E-state index in [2.05, 4.69) is 15.0 Å². The van der Waals surface area contributed by atoms with E-state index in [1.165, 1.54) is 6.20 Å². The van der Waals surface area contributed by atoms with Gasteiger partial charge in [-0.25, -0.2) is 14.8 Å². The van der Waals surface area contributed by atoms with Crippen LogP contribution in [0.4, 0.5) is 0 Å². The quantitative estimate of drug-likeness (QED) is 0.895. The Hall–Kier alpha value is -2.30. The van der Waals surface area contributed by atoms with Crippen LogP contribution in [0.1, 0.15) is 35.8 Å². The molecule has 0 aliphatic carbocycles. The number of nitrogens with zero attached hydrogens (tertiary/aromatic N) is 3. The normalized spacial score (nSPS) is 10.6. The summed E-state index contributed by atoms with van der Waals surface area (Å²) in [6.45, 7) is 3.80. The SMILES string of the molecule is CC(C)c1nc(-c2ccccn2)ncc1C(=O)O. The number of pyridine rings is 1. The lowest BCUT2D eigenvalue weighted by atomic mass is 10.1.